The van der Waals surface area contributed by atoms with Crippen LogP contribution in [0.15, 0.2) is 72.9 Å². The van der Waals surface area contributed by atoms with Crippen molar-refractivity contribution in [3.8, 4) is 11.5 Å². The zero-order chi connectivity index (χ0) is 23.2. The molecule has 0 amide bonds. The number of ether oxygens (including phenoxy) is 2. The van der Waals surface area contributed by atoms with Gasteiger partial charge in [-0.05, 0) is 23.8 Å². The number of fused-ring (bicyclic) bond motifs is 1. The van der Waals surface area contributed by atoms with Crippen molar-refractivity contribution in [2.75, 3.05) is 7.11 Å². The van der Waals surface area contributed by atoms with Crippen molar-refractivity contribution in [1.29, 1.82) is 0 Å². The molecule has 0 aliphatic rings. The molecule has 3 aromatic carbocycles. The summed E-state index contributed by atoms with van der Waals surface area (Å²) in [6.07, 6.45) is 2.16. The predicted octanol–water partition coefficient (Wildman–Crippen LogP) is 4.68. The summed E-state index contributed by atoms with van der Waals surface area (Å²) in [7, 11) is 1.53. The Bertz CT molecular complexity index is 1250. The number of carbonyl (C=O) groups is 1. The number of H-pyrrole nitrogens is 1. The van der Waals surface area contributed by atoms with Crippen molar-refractivity contribution < 1.29 is 23.8 Å². The first kappa shape index (κ1) is 22.4. The first-order chi connectivity index (χ1) is 16.1. The number of aromatic nitrogens is 1. The molecule has 170 valence electrons. The van der Waals surface area contributed by atoms with Crippen molar-refractivity contribution in [3.05, 3.63) is 95.4 Å². The van der Waals surface area contributed by atoms with Crippen LogP contribution >= 0.6 is 0 Å². The molecule has 0 aliphatic carbocycles. The Morgan fingerprint density at radius 3 is 2.58 bits per heavy atom. The van der Waals surface area contributed by atoms with E-state index in [9.17, 15) is 14.3 Å². The van der Waals surface area contributed by atoms with E-state index < -0.39 is 12.0 Å². The molecule has 4 rings (SSSR count). The van der Waals surface area contributed by atoms with Crippen molar-refractivity contribution in [2.45, 2.75) is 25.6 Å². The summed E-state index contributed by atoms with van der Waals surface area (Å²) in [6.45, 7) is 0.265. The monoisotopic (exact) mass is 448 g/mol. The zero-order valence-corrected chi connectivity index (χ0v) is 18.2. The standard InChI is InChI=1S/C26H25FN2O4/c1-32-24-12-6-8-17(25(24)33-16-18-7-2-4-10-21(18)27)14-29-23(26(30)31)13-19-15-28-22-11-5-3-9-20(19)22/h2-12,15,23,28-29H,13-14,16H2,1H3,(H,30,31)/t23-/m1/s1. The van der Waals surface area contributed by atoms with Gasteiger partial charge in [-0.3, -0.25) is 10.1 Å². The second-order valence-corrected chi connectivity index (χ2v) is 7.66. The summed E-state index contributed by atoms with van der Waals surface area (Å²) >= 11 is 0. The molecule has 33 heavy (non-hydrogen) atoms. The molecule has 1 atom stereocenters. The van der Waals surface area contributed by atoms with Gasteiger partial charge in [0.15, 0.2) is 11.5 Å². The number of halogens is 1. The van der Waals surface area contributed by atoms with Crippen molar-refractivity contribution in [1.82, 2.24) is 10.3 Å². The molecule has 6 nitrogen and oxygen atoms in total. The van der Waals surface area contributed by atoms with Gasteiger partial charge in [0.2, 0.25) is 0 Å². The highest BCUT2D eigenvalue weighted by molar-refractivity contribution is 5.84. The van der Waals surface area contributed by atoms with Crippen molar-refractivity contribution in [3.63, 3.8) is 0 Å². The normalized spacial score (nSPS) is 11.9. The molecule has 0 bridgehead atoms. The molecular formula is C26H25FN2O4. The number of nitrogens with one attached hydrogen (secondary N) is 2. The van der Waals surface area contributed by atoms with Crippen molar-refractivity contribution >= 4 is 16.9 Å². The van der Waals surface area contributed by atoms with Crippen LogP contribution in [0.1, 0.15) is 16.7 Å². The number of aromatic amines is 1. The molecular weight excluding hydrogens is 423 g/mol. The summed E-state index contributed by atoms with van der Waals surface area (Å²) in [6, 6.07) is 18.8. The molecule has 1 heterocycles. The quantitative estimate of drug-likeness (QED) is 0.328. The van der Waals surface area contributed by atoms with Crippen LogP contribution in [-0.4, -0.2) is 29.2 Å². The first-order valence-electron chi connectivity index (χ1n) is 10.6. The molecule has 0 fully saturated rings. The van der Waals surface area contributed by atoms with Crippen LogP contribution < -0.4 is 14.8 Å². The lowest BCUT2D eigenvalue weighted by Crippen LogP contribution is -2.38. The maximum Gasteiger partial charge on any atom is 0.321 e. The SMILES string of the molecule is COc1cccc(CN[C@H](Cc2c[nH]c3ccccc23)C(=O)O)c1OCc1ccccc1F. The average molecular weight is 448 g/mol. The van der Waals surface area contributed by atoms with Gasteiger partial charge in [0.05, 0.1) is 7.11 Å². The lowest BCUT2D eigenvalue weighted by Gasteiger charge is -2.18. The van der Waals surface area contributed by atoms with Crippen LogP contribution in [0.25, 0.3) is 10.9 Å². The number of carboxylic acid groups (broad SMARTS) is 1. The minimum atomic E-state index is -0.947. The summed E-state index contributed by atoms with van der Waals surface area (Å²) < 4.78 is 25.4. The Balaban J connectivity index is 1.51. The lowest BCUT2D eigenvalue weighted by atomic mass is 10.0. The van der Waals surface area contributed by atoms with E-state index >= 15 is 0 Å². The molecule has 1 aromatic heterocycles. The summed E-state index contributed by atoms with van der Waals surface area (Å²) in [5.41, 5.74) is 3.03. The molecule has 0 saturated carbocycles. The molecule has 4 aromatic rings. The van der Waals surface area contributed by atoms with Gasteiger partial charge in [0, 0.05) is 41.2 Å². The number of carboxylic acids is 1. The van der Waals surface area contributed by atoms with Gasteiger partial charge in [0.1, 0.15) is 18.5 Å². The van der Waals surface area contributed by atoms with Crippen LogP contribution in [-0.2, 0) is 24.4 Å². The number of aliphatic carboxylic acids is 1. The smallest absolute Gasteiger partial charge is 0.321 e. The topological polar surface area (TPSA) is 83.6 Å². The Kier molecular flexibility index (Phi) is 6.90. The van der Waals surface area contributed by atoms with Gasteiger partial charge in [-0.25, -0.2) is 4.39 Å². The van der Waals surface area contributed by atoms with E-state index in [-0.39, 0.29) is 19.0 Å². The minimum absolute atomic E-state index is 0.0255. The predicted molar refractivity (Wildman–Crippen MR) is 124 cm³/mol. The molecule has 0 radical (unpaired) electrons. The van der Waals surface area contributed by atoms with Gasteiger partial charge >= 0.3 is 5.97 Å². The van der Waals surface area contributed by atoms with E-state index in [1.54, 1.807) is 30.3 Å². The van der Waals surface area contributed by atoms with E-state index in [0.29, 0.717) is 23.5 Å². The fourth-order valence-corrected chi connectivity index (χ4v) is 3.79. The Hall–Kier alpha value is -3.84. The fraction of sp³-hybridized carbons (Fsp3) is 0.192. The largest absolute Gasteiger partial charge is 0.493 e. The van der Waals surface area contributed by atoms with Crippen molar-refractivity contribution in [2.24, 2.45) is 0 Å². The molecule has 0 unspecified atom stereocenters. The third-order valence-corrected chi connectivity index (χ3v) is 5.55. The van der Waals surface area contributed by atoms with Crippen LogP contribution in [0.3, 0.4) is 0 Å². The van der Waals surface area contributed by atoms with Gasteiger partial charge in [-0.2, -0.15) is 0 Å². The molecule has 0 aliphatic heterocycles. The number of rotatable bonds is 10. The van der Waals surface area contributed by atoms with Crippen LogP contribution in [0, 0.1) is 5.82 Å². The number of hydrogen-bond acceptors (Lipinski definition) is 4. The highest BCUT2D eigenvalue weighted by Gasteiger charge is 2.21. The molecule has 0 saturated heterocycles. The van der Waals surface area contributed by atoms with Gasteiger partial charge in [0.25, 0.3) is 0 Å². The maximum absolute atomic E-state index is 14.0. The first-order valence-corrected chi connectivity index (χ1v) is 10.6. The Morgan fingerprint density at radius 2 is 1.79 bits per heavy atom. The zero-order valence-electron chi connectivity index (χ0n) is 18.2. The summed E-state index contributed by atoms with van der Waals surface area (Å²) in [5.74, 6) is -0.352. The summed E-state index contributed by atoms with van der Waals surface area (Å²) in [5, 5.41) is 13.9. The summed E-state index contributed by atoms with van der Waals surface area (Å²) in [4.78, 5) is 15.1. The number of methoxy groups -OCH3 is 1. The van der Waals surface area contributed by atoms with Crippen LogP contribution in [0.2, 0.25) is 0 Å². The van der Waals surface area contributed by atoms with E-state index in [4.69, 9.17) is 9.47 Å². The fourth-order valence-electron chi connectivity index (χ4n) is 3.79. The minimum Gasteiger partial charge on any atom is -0.493 e. The van der Waals surface area contributed by atoms with Gasteiger partial charge in [-0.15, -0.1) is 0 Å². The number of para-hydroxylation sites is 2. The Morgan fingerprint density at radius 1 is 1.03 bits per heavy atom. The Labute approximate surface area is 191 Å². The third kappa shape index (κ3) is 5.15. The van der Waals surface area contributed by atoms with Gasteiger partial charge < -0.3 is 19.6 Å². The van der Waals surface area contributed by atoms with E-state index in [1.165, 1.54) is 13.2 Å². The molecule has 3 N–H and O–H groups in total. The molecule has 7 heteroatoms. The number of benzene rings is 3. The van der Waals surface area contributed by atoms with Crippen LogP contribution in [0.4, 0.5) is 4.39 Å². The lowest BCUT2D eigenvalue weighted by molar-refractivity contribution is -0.139. The number of hydrogen-bond donors (Lipinski definition) is 3. The van der Waals surface area contributed by atoms with E-state index in [2.05, 4.69) is 10.3 Å². The second-order valence-electron chi connectivity index (χ2n) is 7.66. The van der Waals surface area contributed by atoms with E-state index in [1.807, 2.05) is 36.5 Å². The maximum atomic E-state index is 14.0. The van der Waals surface area contributed by atoms with Crippen LogP contribution in [0.5, 0.6) is 11.5 Å². The highest BCUT2D eigenvalue weighted by Crippen LogP contribution is 2.32. The van der Waals surface area contributed by atoms with E-state index in [0.717, 1.165) is 22.0 Å². The van der Waals surface area contributed by atoms with Gasteiger partial charge in [-0.1, -0.05) is 48.5 Å². The second kappa shape index (κ2) is 10.2. The molecule has 0 spiro atoms. The third-order valence-electron chi connectivity index (χ3n) is 5.55. The average Bonchev–Trinajstić information content (AvgIpc) is 3.24. The highest BCUT2D eigenvalue weighted by atomic mass is 19.1.